The summed E-state index contributed by atoms with van der Waals surface area (Å²) in [4.78, 5) is 0. The molecule has 2 aliphatic rings. The van der Waals surface area contributed by atoms with Gasteiger partial charge in [-0.2, -0.15) is 0 Å². The first-order valence-electron chi connectivity index (χ1n) is 6.87. The van der Waals surface area contributed by atoms with E-state index in [2.05, 4.69) is 10.2 Å². The molecule has 1 aromatic carbocycles. The lowest BCUT2D eigenvalue weighted by molar-refractivity contribution is 0.174. The minimum absolute atomic E-state index is 0.227. The molecule has 1 unspecified atom stereocenters. The van der Waals surface area contributed by atoms with E-state index in [1.54, 1.807) is 6.08 Å². The monoisotopic (exact) mass is 286 g/mol. The molecule has 0 bridgehead atoms. The maximum atomic E-state index is 5.64. The molecule has 1 aromatic heterocycles. The predicted octanol–water partition coefficient (Wildman–Crippen LogP) is 2.47. The Labute approximate surface area is 121 Å². The molecule has 0 saturated carbocycles. The Bertz CT molecular complexity index is 674. The average molecular weight is 286 g/mol. The molecule has 0 radical (unpaired) electrons. The first-order valence-corrected chi connectivity index (χ1v) is 6.87. The van der Waals surface area contributed by atoms with Gasteiger partial charge in [0, 0.05) is 12.7 Å². The molecular formula is C15H14N2O4. The lowest BCUT2D eigenvalue weighted by atomic mass is 10.1. The number of nitrogens with zero attached hydrogens (tertiary/aromatic N) is 2. The Hall–Kier alpha value is -2.34. The Morgan fingerprint density at radius 3 is 2.95 bits per heavy atom. The Kier molecular flexibility index (Phi) is 3.08. The van der Waals surface area contributed by atoms with Gasteiger partial charge in [-0.05, 0) is 30.2 Å². The molecule has 1 fully saturated rings. The lowest BCUT2D eigenvalue weighted by Crippen LogP contribution is -1.97. The van der Waals surface area contributed by atoms with Gasteiger partial charge in [-0.3, -0.25) is 0 Å². The van der Waals surface area contributed by atoms with Crippen molar-refractivity contribution >= 4 is 12.2 Å². The molecular weight excluding hydrogens is 272 g/mol. The largest absolute Gasteiger partial charge is 0.454 e. The van der Waals surface area contributed by atoms with Gasteiger partial charge in [0.2, 0.25) is 18.6 Å². The van der Waals surface area contributed by atoms with Crippen LogP contribution in [0.3, 0.4) is 0 Å². The van der Waals surface area contributed by atoms with Gasteiger partial charge >= 0.3 is 0 Å². The van der Waals surface area contributed by atoms with Gasteiger partial charge in [0.25, 0.3) is 0 Å². The number of benzene rings is 1. The maximum Gasteiger partial charge on any atom is 0.240 e. The third-order valence-corrected chi connectivity index (χ3v) is 3.55. The van der Waals surface area contributed by atoms with Crippen LogP contribution in [0.2, 0.25) is 0 Å². The summed E-state index contributed by atoms with van der Waals surface area (Å²) in [6, 6.07) is 5.75. The van der Waals surface area contributed by atoms with Crippen LogP contribution in [0.25, 0.3) is 12.2 Å². The SMILES string of the molecule is C(=C\c1nnc(C2CCOC2)o1)/c1ccc2c(c1)OCO2. The highest BCUT2D eigenvalue weighted by Gasteiger charge is 2.23. The lowest BCUT2D eigenvalue weighted by Gasteiger charge is -1.98. The zero-order valence-corrected chi connectivity index (χ0v) is 11.3. The maximum absolute atomic E-state index is 5.64. The molecule has 0 amide bonds. The van der Waals surface area contributed by atoms with E-state index in [9.17, 15) is 0 Å². The number of rotatable bonds is 3. The third kappa shape index (κ3) is 2.50. The second-order valence-electron chi connectivity index (χ2n) is 4.99. The Morgan fingerprint density at radius 1 is 1.10 bits per heavy atom. The highest BCUT2D eigenvalue weighted by atomic mass is 16.7. The van der Waals surface area contributed by atoms with E-state index in [1.165, 1.54) is 0 Å². The van der Waals surface area contributed by atoms with Crippen molar-refractivity contribution in [2.24, 2.45) is 0 Å². The van der Waals surface area contributed by atoms with Crippen LogP contribution >= 0.6 is 0 Å². The second kappa shape index (κ2) is 5.21. The summed E-state index contributed by atoms with van der Waals surface area (Å²) in [5, 5.41) is 8.11. The van der Waals surface area contributed by atoms with Crippen molar-refractivity contribution in [3.63, 3.8) is 0 Å². The van der Waals surface area contributed by atoms with Gasteiger partial charge in [-0.15, -0.1) is 10.2 Å². The molecule has 0 aliphatic carbocycles. The van der Waals surface area contributed by atoms with Crippen LogP contribution in [0.4, 0.5) is 0 Å². The topological polar surface area (TPSA) is 66.6 Å². The zero-order valence-electron chi connectivity index (χ0n) is 11.3. The number of ether oxygens (including phenoxy) is 3. The molecule has 6 heteroatoms. The second-order valence-corrected chi connectivity index (χ2v) is 4.99. The van der Waals surface area contributed by atoms with Crippen LogP contribution in [0.5, 0.6) is 11.5 Å². The normalized spacial score (nSPS) is 20.5. The number of fused-ring (bicyclic) bond motifs is 1. The van der Waals surface area contributed by atoms with Crippen molar-refractivity contribution in [2.75, 3.05) is 20.0 Å². The van der Waals surface area contributed by atoms with Gasteiger partial charge in [0.1, 0.15) is 0 Å². The van der Waals surface area contributed by atoms with Crippen LogP contribution in [0, 0.1) is 0 Å². The minimum atomic E-state index is 0.227. The fraction of sp³-hybridized carbons (Fsp3) is 0.333. The van der Waals surface area contributed by atoms with Gasteiger partial charge < -0.3 is 18.6 Å². The fourth-order valence-corrected chi connectivity index (χ4v) is 2.39. The van der Waals surface area contributed by atoms with Crippen LogP contribution < -0.4 is 9.47 Å². The van der Waals surface area contributed by atoms with E-state index >= 15 is 0 Å². The Morgan fingerprint density at radius 2 is 2.05 bits per heavy atom. The van der Waals surface area contributed by atoms with E-state index in [0.29, 0.717) is 18.4 Å². The molecule has 108 valence electrons. The number of hydrogen-bond acceptors (Lipinski definition) is 6. The highest BCUT2D eigenvalue weighted by Crippen LogP contribution is 2.33. The van der Waals surface area contributed by atoms with Crippen LogP contribution in [-0.4, -0.2) is 30.2 Å². The van der Waals surface area contributed by atoms with Crippen LogP contribution in [0.1, 0.15) is 29.7 Å². The quantitative estimate of drug-likeness (QED) is 0.863. The fourth-order valence-electron chi connectivity index (χ4n) is 2.39. The molecule has 6 nitrogen and oxygen atoms in total. The molecule has 2 aliphatic heterocycles. The summed E-state index contributed by atoms with van der Waals surface area (Å²) in [6.07, 6.45) is 4.64. The molecule has 1 saturated heterocycles. The summed E-state index contributed by atoms with van der Waals surface area (Å²) in [6.45, 7) is 1.70. The van der Waals surface area contributed by atoms with Crippen molar-refractivity contribution in [3.05, 3.63) is 35.5 Å². The summed E-state index contributed by atoms with van der Waals surface area (Å²) in [5.74, 6) is 2.90. The van der Waals surface area contributed by atoms with Crippen molar-refractivity contribution in [1.29, 1.82) is 0 Å². The first-order chi connectivity index (χ1) is 10.4. The predicted molar refractivity (Wildman–Crippen MR) is 74.0 cm³/mol. The van der Waals surface area contributed by atoms with Crippen molar-refractivity contribution in [3.8, 4) is 11.5 Å². The van der Waals surface area contributed by atoms with E-state index < -0.39 is 0 Å². The summed E-state index contributed by atoms with van der Waals surface area (Å²) in [5.41, 5.74) is 0.989. The van der Waals surface area contributed by atoms with Crippen LogP contribution in [-0.2, 0) is 4.74 Å². The van der Waals surface area contributed by atoms with E-state index in [1.807, 2.05) is 24.3 Å². The molecule has 0 spiro atoms. The summed E-state index contributed by atoms with van der Waals surface area (Å²) < 4.78 is 21.6. The van der Waals surface area contributed by atoms with Gasteiger partial charge in [-0.1, -0.05) is 6.07 Å². The summed E-state index contributed by atoms with van der Waals surface area (Å²) in [7, 11) is 0. The van der Waals surface area contributed by atoms with Crippen molar-refractivity contribution in [2.45, 2.75) is 12.3 Å². The molecule has 4 rings (SSSR count). The molecule has 3 heterocycles. The van der Waals surface area contributed by atoms with E-state index in [4.69, 9.17) is 18.6 Å². The van der Waals surface area contributed by atoms with Gasteiger partial charge in [0.15, 0.2) is 11.5 Å². The first kappa shape index (κ1) is 12.4. The standard InChI is InChI=1S/C15H14N2O4/c1-3-12-13(20-9-19-12)7-10(1)2-4-14-16-17-15(21-14)11-5-6-18-8-11/h1-4,7,11H,5-6,8-9H2/b4-2+. The van der Waals surface area contributed by atoms with Gasteiger partial charge in [0.05, 0.1) is 12.5 Å². The number of hydrogen-bond donors (Lipinski definition) is 0. The summed E-state index contributed by atoms with van der Waals surface area (Å²) >= 11 is 0. The van der Waals surface area contributed by atoms with Crippen molar-refractivity contribution < 1.29 is 18.6 Å². The number of aromatic nitrogens is 2. The average Bonchev–Trinajstić information content (AvgIpc) is 3.24. The van der Waals surface area contributed by atoms with Crippen molar-refractivity contribution in [1.82, 2.24) is 10.2 Å². The van der Waals surface area contributed by atoms with E-state index in [-0.39, 0.29) is 12.7 Å². The molecule has 1 atom stereocenters. The Balaban J connectivity index is 1.50. The smallest absolute Gasteiger partial charge is 0.240 e. The van der Waals surface area contributed by atoms with Gasteiger partial charge in [-0.25, -0.2) is 0 Å². The zero-order chi connectivity index (χ0) is 14.1. The molecule has 21 heavy (non-hydrogen) atoms. The molecule has 2 aromatic rings. The van der Waals surface area contributed by atoms with Crippen LogP contribution in [0.15, 0.2) is 22.6 Å². The molecule has 0 N–H and O–H groups in total. The highest BCUT2D eigenvalue weighted by molar-refractivity contribution is 5.68. The minimum Gasteiger partial charge on any atom is -0.454 e. The third-order valence-electron chi connectivity index (χ3n) is 3.55. The van der Waals surface area contributed by atoms with E-state index in [0.717, 1.165) is 30.1 Å².